The van der Waals surface area contributed by atoms with Crippen LogP contribution in [0, 0.1) is 6.92 Å². The highest BCUT2D eigenvalue weighted by atomic mass is 16.5. The molecule has 1 N–H and O–H groups in total. The minimum atomic E-state index is -0.835. The van der Waals surface area contributed by atoms with E-state index in [9.17, 15) is 5.11 Å². The molecule has 0 aliphatic carbocycles. The minimum absolute atomic E-state index is 0.181. The normalized spacial score (nSPS) is 20.1. The molecule has 1 unspecified atom stereocenters. The SMILES string of the molecule is Cc1ccc(N2CCOC(C(C)(C)O)C2)c(CN(C)C)n1. The van der Waals surface area contributed by atoms with Crippen LogP contribution in [0.5, 0.6) is 0 Å². The maximum absolute atomic E-state index is 10.2. The van der Waals surface area contributed by atoms with E-state index in [2.05, 4.69) is 20.9 Å². The summed E-state index contributed by atoms with van der Waals surface area (Å²) < 4.78 is 5.72. The lowest BCUT2D eigenvalue weighted by Gasteiger charge is -2.40. The van der Waals surface area contributed by atoms with Crippen molar-refractivity contribution in [2.45, 2.75) is 39.0 Å². The van der Waals surface area contributed by atoms with Gasteiger partial charge in [0, 0.05) is 25.3 Å². The molecule has 118 valence electrons. The number of aromatic nitrogens is 1. The largest absolute Gasteiger partial charge is 0.388 e. The zero-order valence-electron chi connectivity index (χ0n) is 13.8. The summed E-state index contributed by atoms with van der Waals surface area (Å²) >= 11 is 0. The smallest absolute Gasteiger partial charge is 0.103 e. The van der Waals surface area contributed by atoms with Crippen LogP contribution < -0.4 is 4.90 Å². The number of anilines is 1. The van der Waals surface area contributed by atoms with Crippen molar-refractivity contribution in [3.63, 3.8) is 0 Å². The molecule has 0 saturated carbocycles. The zero-order valence-corrected chi connectivity index (χ0v) is 13.8. The molecule has 1 aromatic rings. The monoisotopic (exact) mass is 293 g/mol. The number of aliphatic hydroxyl groups is 1. The van der Waals surface area contributed by atoms with Crippen molar-refractivity contribution < 1.29 is 9.84 Å². The first-order valence-corrected chi connectivity index (χ1v) is 7.47. The third-order valence-electron chi connectivity index (χ3n) is 3.75. The van der Waals surface area contributed by atoms with E-state index in [1.54, 1.807) is 13.8 Å². The lowest BCUT2D eigenvalue weighted by molar-refractivity contribution is -0.0928. The molecule has 0 spiro atoms. The van der Waals surface area contributed by atoms with Gasteiger partial charge in [-0.3, -0.25) is 4.98 Å². The molecule has 2 rings (SSSR count). The molecule has 1 aromatic heterocycles. The lowest BCUT2D eigenvalue weighted by Crippen LogP contribution is -2.52. The lowest BCUT2D eigenvalue weighted by atomic mass is 10.00. The Morgan fingerprint density at radius 1 is 1.43 bits per heavy atom. The highest BCUT2D eigenvalue weighted by Gasteiger charge is 2.33. The maximum Gasteiger partial charge on any atom is 0.103 e. The number of rotatable bonds is 4. The molecule has 0 radical (unpaired) electrons. The van der Waals surface area contributed by atoms with Crippen LogP contribution in [-0.4, -0.2) is 60.5 Å². The molecular formula is C16H27N3O2. The molecule has 1 aliphatic heterocycles. The van der Waals surface area contributed by atoms with E-state index in [-0.39, 0.29) is 6.10 Å². The Balaban J connectivity index is 2.24. The van der Waals surface area contributed by atoms with Crippen molar-refractivity contribution in [1.82, 2.24) is 9.88 Å². The fraction of sp³-hybridized carbons (Fsp3) is 0.688. The van der Waals surface area contributed by atoms with Crippen LogP contribution >= 0.6 is 0 Å². The summed E-state index contributed by atoms with van der Waals surface area (Å²) in [6.07, 6.45) is -0.181. The van der Waals surface area contributed by atoms with E-state index >= 15 is 0 Å². The number of hydrogen-bond acceptors (Lipinski definition) is 5. The summed E-state index contributed by atoms with van der Waals surface area (Å²) in [5, 5.41) is 10.2. The third-order valence-corrected chi connectivity index (χ3v) is 3.75. The van der Waals surface area contributed by atoms with Gasteiger partial charge in [0.1, 0.15) is 6.10 Å². The highest BCUT2D eigenvalue weighted by Crippen LogP contribution is 2.25. The van der Waals surface area contributed by atoms with Crippen LogP contribution in [0.2, 0.25) is 0 Å². The summed E-state index contributed by atoms with van der Waals surface area (Å²) in [5.74, 6) is 0. The number of ether oxygens (including phenoxy) is 1. The Labute approximate surface area is 127 Å². The molecule has 0 aromatic carbocycles. The maximum atomic E-state index is 10.2. The second-order valence-electron chi connectivity index (χ2n) is 6.62. The topological polar surface area (TPSA) is 48.8 Å². The molecule has 21 heavy (non-hydrogen) atoms. The van der Waals surface area contributed by atoms with Gasteiger partial charge in [-0.15, -0.1) is 0 Å². The van der Waals surface area contributed by atoms with Gasteiger partial charge >= 0.3 is 0 Å². The van der Waals surface area contributed by atoms with Gasteiger partial charge < -0.3 is 19.6 Å². The number of hydrogen-bond donors (Lipinski definition) is 1. The molecule has 1 aliphatic rings. The van der Waals surface area contributed by atoms with Crippen molar-refractivity contribution in [2.75, 3.05) is 38.7 Å². The molecular weight excluding hydrogens is 266 g/mol. The van der Waals surface area contributed by atoms with Gasteiger partial charge in [-0.1, -0.05) is 0 Å². The molecule has 0 bridgehead atoms. The van der Waals surface area contributed by atoms with E-state index in [0.717, 1.165) is 30.2 Å². The van der Waals surface area contributed by atoms with Crippen LogP contribution in [-0.2, 0) is 11.3 Å². The van der Waals surface area contributed by atoms with E-state index in [4.69, 9.17) is 4.74 Å². The van der Waals surface area contributed by atoms with Gasteiger partial charge in [-0.05, 0) is 47.0 Å². The number of morpholine rings is 1. The van der Waals surface area contributed by atoms with Gasteiger partial charge in [-0.25, -0.2) is 0 Å². The molecule has 1 saturated heterocycles. The Morgan fingerprint density at radius 2 is 2.14 bits per heavy atom. The number of pyridine rings is 1. The summed E-state index contributed by atoms with van der Waals surface area (Å²) in [5.41, 5.74) is 2.42. The molecule has 2 heterocycles. The molecule has 1 fully saturated rings. The summed E-state index contributed by atoms with van der Waals surface area (Å²) in [6.45, 7) is 8.57. The van der Waals surface area contributed by atoms with Crippen LogP contribution in [0.3, 0.4) is 0 Å². The van der Waals surface area contributed by atoms with Crippen LogP contribution in [0.25, 0.3) is 0 Å². The fourth-order valence-electron chi connectivity index (χ4n) is 2.60. The predicted octanol–water partition coefficient (Wildman–Crippen LogP) is 1.43. The van der Waals surface area contributed by atoms with E-state index < -0.39 is 5.60 Å². The van der Waals surface area contributed by atoms with Crippen LogP contribution in [0.1, 0.15) is 25.2 Å². The Bertz CT molecular complexity index is 483. The van der Waals surface area contributed by atoms with Crippen molar-refractivity contribution in [3.05, 3.63) is 23.5 Å². The minimum Gasteiger partial charge on any atom is -0.388 e. The highest BCUT2D eigenvalue weighted by molar-refractivity contribution is 5.51. The van der Waals surface area contributed by atoms with E-state index in [1.165, 1.54) is 0 Å². The standard InChI is InChI=1S/C16H27N3O2/c1-12-6-7-14(13(17-12)10-18(4)5)19-8-9-21-15(11-19)16(2,3)20/h6-7,15,20H,8-11H2,1-5H3. The average molecular weight is 293 g/mol. The average Bonchev–Trinajstić information content (AvgIpc) is 2.37. The van der Waals surface area contributed by atoms with Gasteiger partial charge in [0.15, 0.2) is 0 Å². The van der Waals surface area contributed by atoms with Gasteiger partial charge in [-0.2, -0.15) is 0 Å². The zero-order chi connectivity index (χ0) is 15.6. The summed E-state index contributed by atoms with van der Waals surface area (Å²) in [7, 11) is 4.10. The van der Waals surface area contributed by atoms with Crippen molar-refractivity contribution in [1.29, 1.82) is 0 Å². The van der Waals surface area contributed by atoms with Crippen LogP contribution in [0.4, 0.5) is 5.69 Å². The van der Waals surface area contributed by atoms with E-state index in [1.807, 2.05) is 27.1 Å². The predicted molar refractivity (Wildman–Crippen MR) is 84.6 cm³/mol. The summed E-state index contributed by atoms with van der Waals surface area (Å²) in [6, 6.07) is 4.18. The first-order valence-electron chi connectivity index (χ1n) is 7.47. The van der Waals surface area contributed by atoms with Crippen molar-refractivity contribution in [2.24, 2.45) is 0 Å². The molecule has 5 heteroatoms. The van der Waals surface area contributed by atoms with Gasteiger partial charge in [0.2, 0.25) is 0 Å². The Morgan fingerprint density at radius 3 is 2.76 bits per heavy atom. The summed E-state index contributed by atoms with van der Waals surface area (Å²) in [4.78, 5) is 9.09. The Kier molecular flexibility index (Phi) is 4.86. The third kappa shape index (κ3) is 4.15. The van der Waals surface area contributed by atoms with E-state index in [0.29, 0.717) is 13.2 Å². The second-order valence-corrected chi connectivity index (χ2v) is 6.62. The number of aryl methyl sites for hydroxylation is 1. The Hall–Kier alpha value is -1.17. The first-order chi connectivity index (χ1) is 9.77. The quantitative estimate of drug-likeness (QED) is 0.910. The van der Waals surface area contributed by atoms with Gasteiger partial charge in [0.05, 0.1) is 23.6 Å². The second kappa shape index (κ2) is 6.30. The van der Waals surface area contributed by atoms with Crippen molar-refractivity contribution >= 4 is 5.69 Å². The molecule has 5 nitrogen and oxygen atoms in total. The van der Waals surface area contributed by atoms with Gasteiger partial charge in [0.25, 0.3) is 0 Å². The number of nitrogens with zero attached hydrogens (tertiary/aromatic N) is 3. The van der Waals surface area contributed by atoms with Crippen LogP contribution in [0.15, 0.2) is 12.1 Å². The molecule has 0 amide bonds. The molecule has 1 atom stereocenters. The fourth-order valence-corrected chi connectivity index (χ4v) is 2.60. The van der Waals surface area contributed by atoms with Crippen molar-refractivity contribution in [3.8, 4) is 0 Å². The first kappa shape index (κ1) is 16.2.